The van der Waals surface area contributed by atoms with Crippen LogP contribution in [-0.2, 0) is 6.42 Å². The van der Waals surface area contributed by atoms with Gasteiger partial charge in [0.05, 0.1) is 6.67 Å². The van der Waals surface area contributed by atoms with Crippen molar-refractivity contribution in [3.8, 4) is 11.5 Å². The van der Waals surface area contributed by atoms with E-state index in [4.69, 9.17) is 4.74 Å². The van der Waals surface area contributed by atoms with Gasteiger partial charge < -0.3 is 9.84 Å². The first kappa shape index (κ1) is 25.5. The summed E-state index contributed by atoms with van der Waals surface area (Å²) in [4.78, 5) is 2.29. The molecule has 5 rings (SSSR count). The van der Waals surface area contributed by atoms with Crippen LogP contribution < -0.4 is 4.74 Å². The van der Waals surface area contributed by atoms with Crippen LogP contribution in [0.15, 0.2) is 66.7 Å². The Bertz CT molecular complexity index is 1250. The molecule has 0 saturated carbocycles. The molecule has 3 nitrogen and oxygen atoms in total. The minimum absolute atomic E-state index is 0.153. The van der Waals surface area contributed by atoms with E-state index in [9.17, 15) is 9.50 Å². The summed E-state index contributed by atoms with van der Waals surface area (Å²) in [5.74, 6) is 1.63. The Morgan fingerprint density at radius 3 is 2.59 bits per heavy atom. The SMILES string of the molecule is CC(C)c1ccccc1C1=C(c2ccc(O[C@H]3CCN(CCCF)C3)cc2)c2ccc(O)cc2CCC1. The maximum atomic E-state index is 12.5. The largest absolute Gasteiger partial charge is 0.508 e. The number of benzene rings is 3. The van der Waals surface area contributed by atoms with Gasteiger partial charge in [0.1, 0.15) is 17.6 Å². The molecule has 4 heteroatoms. The van der Waals surface area contributed by atoms with E-state index < -0.39 is 0 Å². The fourth-order valence-electron chi connectivity index (χ4n) is 5.92. The smallest absolute Gasteiger partial charge is 0.119 e. The van der Waals surface area contributed by atoms with Crippen molar-refractivity contribution in [3.63, 3.8) is 0 Å². The van der Waals surface area contributed by atoms with E-state index in [-0.39, 0.29) is 12.8 Å². The number of likely N-dealkylation sites (tertiary alicyclic amines) is 1. The van der Waals surface area contributed by atoms with Crippen molar-refractivity contribution >= 4 is 11.1 Å². The van der Waals surface area contributed by atoms with Gasteiger partial charge in [-0.15, -0.1) is 0 Å². The quantitative estimate of drug-likeness (QED) is 0.346. The Morgan fingerprint density at radius 1 is 1.00 bits per heavy atom. The zero-order chi connectivity index (χ0) is 25.8. The number of hydrogen-bond acceptors (Lipinski definition) is 3. The van der Waals surface area contributed by atoms with E-state index in [1.54, 1.807) is 0 Å². The fraction of sp³-hybridized carbons (Fsp3) is 0.394. The molecular formula is C33H38FNO2. The lowest BCUT2D eigenvalue weighted by molar-refractivity contribution is 0.198. The Labute approximate surface area is 220 Å². The molecular weight excluding hydrogens is 461 g/mol. The predicted octanol–water partition coefficient (Wildman–Crippen LogP) is 7.62. The van der Waals surface area contributed by atoms with Gasteiger partial charge in [-0.25, -0.2) is 0 Å². The van der Waals surface area contributed by atoms with Crippen LogP contribution in [0, 0.1) is 0 Å². The van der Waals surface area contributed by atoms with Crippen LogP contribution in [0.4, 0.5) is 4.39 Å². The van der Waals surface area contributed by atoms with E-state index in [0.717, 1.165) is 51.1 Å². The number of phenolic OH excluding ortho intramolecular Hbond substituents is 1. The van der Waals surface area contributed by atoms with Crippen LogP contribution in [-0.4, -0.2) is 42.4 Å². The molecule has 0 amide bonds. The average Bonchev–Trinajstić information content (AvgIpc) is 3.26. The third kappa shape index (κ3) is 5.75. The second kappa shape index (κ2) is 11.5. The second-order valence-electron chi connectivity index (χ2n) is 10.7. The van der Waals surface area contributed by atoms with Gasteiger partial charge in [-0.05, 0) is 101 Å². The average molecular weight is 500 g/mol. The fourth-order valence-corrected chi connectivity index (χ4v) is 5.92. The van der Waals surface area contributed by atoms with Crippen LogP contribution in [0.2, 0.25) is 0 Å². The number of fused-ring (bicyclic) bond motifs is 1. The molecule has 1 aliphatic heterocycles. The highest BCUT2D eigenvalue weighted by atomic mass is 19.1. The van der Waals surface area contributed by atoms with Gasteiger partial charge in [0.15, 0.2) is 0 Å². The number of rotatable bonds is 8. The molecule has 0 aromatic heterocycles. The highest BCUT2D eigenvalue weighted by Gasteiger charge is 2.25. The van der Waals surface area contributed by atoms with Crippen LogP contribution in [0.5, 0.6) is 11.5 Å². The van der Waals surface area contributed by atoms with E-state index in [2.05, 4.69) is 73.3 Å². The topological polar surface area (TPSA) is 32.7 Å². The number of nitrogens with zero attached hydrogens (tertiary/aromatic N) is 1. The molecule has 1 atom stereocenters. The Hall–Kier alpha value is -3.11. The van der Waals surface area contributed by atoms with Crippen molar-refractivity contribution in [2.24, 2.45) is 0 Å². The Balaban J connectivity index is 1.51. The first-order valence-electron chi connectivity index (χ1n) is 13.7. The summed E-state index contributed by atoms with van der Waals surface area (Å²) < 4.78 is 18.9. The number of hydrogen-bond donors (Lipinski definition) is 1. The number of phenols is 1. The summed E-state index contributed by atoms with van der Waals surface area (Å²) in [6.07, 6.45) is 4.71. The molecule has 194 valence electrons. The highest BCUT2D eigenvalue weighted by molar-refractivity contribution is 6.00. The number of alkyl halides is 1. The number of aromatic hydroxyl groups is 1. The first-order valence-corrected chi connectivity index (χ1v) is 13.7. The predicted molar refractivity (Wildman–Crippen MR) is 150 cm³/mol. The van der Waals surface area contributed by atoms with E-state index >= 15 is 0 Å². The van der Waals surface area contributed by atoms with Crippen molar-refractivity contribution in [1.82, 2.24) is 4.90 Å². The van der Waals surface area contributed by atoms with E-state index in [1.807, 2.05) is 12.1 Å². The normalized spacial score (nSPS) is 18.2. The van der Waals surface area contributed by atoms with E-state index in [1.165, 1.54) is 39.0 Å². The molecule has 1 fully saturated rings. The molecule has 2 aliphatic rings. The maximum Gasteiger partial charge on any atom is 0.119 e. The van der Waals surface area contributed by atoms with Crippen LogP contribution in [0.1, 0.15) is 73.3 Å². The molecule has 1 heterocycles. The molecule has 1 N–H and O–H groups in total. The summed E-state index contributed by atoms with van der Waals surface area (Å²) >= 11 is 0. The van der Waals surface area contributed by atoms with Crippen molar-refractivity contribution in [1.29, 1.82) is 0 Å². The number of aryl methyl sites for hydroxylation is 1. The molecule has 3 aromatic carbocycles. The molecule has 0 radical (unpaired) electrons. The maximum absolute atomic E-state index is 12.5. The van der Waals surface area contributed by atoms with Gasteiger partial charge in [0.2, 0.25) is 0 Å². The summed E-state index contributed by atoms with van der Waals surface area (Å²) in [6.45, 7) is 6.90. The zero-order valence-electron chi connectivity index (χ0n) is 22.1. The van der Waals surface area contributed by atoms with Gasteiger partial charge >= 0.3 is 0 Å². The minimum Gasteiger partial charge on any atom is -0.508 e. The van der Waals surface area contributed by atoms with Gasteiger partial charge in [0, 0.05) is 19.6 Å². The molecule has 0 bridgehead atoms. The molecule has 1 aliphatic carbocycles. The monoisotopic (exact) mass is 499 g/mol. The number of ether oxygens (including phenoxy) is 1. The van der Waals surface area contributed by atoms with Crippen molar-refractivity contribution < 1.29 is 14.2 Å². The van der Waals surface area contributed by atoms with Crippen LogP contribution in [0.25, 0.3) is 11.1 Å². The van der Waals surface area contributed by atoms with Crippen molar-refractivity contribution in [2.45, 2.75) is 58.0 Å². The number of halogens is 1. The summed E-state index contributed by atoms with van der Waals surface area (Å²) in [7, 11) is 0. The van der Waals surface area contributed by atoms with Gasteiger partial charge in [-0.1, -0.05) is 56.3 Å². The third-order valence-electron chi connectivity index (χ3n) is 7.72. The summed E-state index contributed by atoms with van der Waals surface area (Å²) in [5.41, 5.74) is 8.91. The lowest BCUT2D eigenvalue weighted by Gasteiger charge is -2.21. The van der Waals surface area contributed by atoms with Gasteiger partial charge in [0.25, 0.3) is 0 Å². The lowest BCUT2D eigenvalue weighted by Crippen LogP contribution is -2.26. The zero-order valence-corrected chi connectivity index (χ0v) is 22.1. The molecule has 0 unspecified atom stereocenters. The Kier molecular flexibility index (Phi) is 7.95. The van der Waals surface area contributed by atoms with E-state index in [0.29, 0.717) is 18.1 Å². The molecule has 3 aromatic rings. The standard InChI is InChI=1S/C33H38FNO2/c1-23(2)29-8-3-4-9-31(29)32-10-5-7-25-21-26(36)13-16-30(25)33(32)24-11-14-27(15-12-24)37-28-17-20-35(22-28)19-6-18-34/h3-4,8-9,11-16,21,23,28,36H,5-7,10,17-20,22H2,1-2H3/t28-/m0/s1. The summed E-state index contributed by atoms with van der Waals surface area (Å²) in [5, 5.41) is 10.2. The highest BCUT2D eigenvalue weighted by Crippen LogP contribution is 2.42. The molecule has 37 heavy (non-hydrogen) atoms. The van der Waals surface area contributed by atoms with Crippen molar-refractivity contribution in [3.05, 3.63) is 94.5 Å². The molecule has 1 saturated heterocycles. The van der Waals surface area contributed by atoms with Gasteiger partial charge in [-0.2, -0.15) is 0 Å². The van der Waals surface area contributed by atoms with Crippen LogP contribution in [0.3, 0.4) is 0 Å². The minimum atomic E-state index is -0.258. The lowest BCUT2D eigenvalue weighted by atomic mass is 9.84. The number of allylic oxidation sites excluding steroid dienone is 1. The second-order valence-corrected chi connectivity index (χ2v) is 10.7. The first-order chi connectivity index (χ1) is 18.0. The Morgan fingerprint density at radius 2 is 1.81 bits per heavy atom. The van der Waals surface area contributed by atoms with Gasteiger partial charge in [-0.3, -0.25) is 9.29 Å². The molecule has 0 spiro atoms. The summed E-state index contributed by atoms with van der Waals surface area (Å²) in [6, 6.07) is 23.2. The van der Waals surface area contributed by atoms with Crippen molar-refractivity contribution in [2.75, 3.05) is 26.3 Å². The van der Waals surface area contributed by atoms with Crippen LogP contribution >= 0.6 is 0 Å². The third-order valence-corrected chi connectivity index (χ3v) is 7.72.